The summed E-state index contributed by atoms with van der Waals surface area (Å²) >= 11 is 0. The molecule has 1 fully saturated rings. The van der Waals surface area contributed by atoms with Gasteiger partial charge in [-0.2, -0.15) is 0 Å². The average Bonchev–Trinajstić information content (AvgIpc) is 2.52. The summed E-state index contributed by atoms with van der Waals surface area (Å²) < 4.78 is 4.82. The Labute approximate surface area is 131 Å². The number of anilines is 1. The molecule has 1 amide bonds. The van der Waals surface area contributed by atoms with Gasteiger partial charge in [-0.1, -0.05) is 19.1 Å². The van der Waals surface area contributed by atoms with Crippen LogP contribution < -0.4 is 5.32 Å². The van der Waals surface area contributed by atoms with Gasteiger partial charge in [0.1, 0.15) is 0 Å². The summed E-state index contributed by atoms with van der Waals surface area (Å²) in [6.45, 7) is 5.86. The number of methoxy groups -OCH3 is 1. The molecule has 0 bridgehead atoms. The first-order valence-corrected chi connectivity index (χ1v) is 7.72. The molecule has 0 aliphatic carbocycles. The van der Waals surface area contributed by atoms with Gasteiger partial charge in [-0.25, -0.2) is 4.79 Å². The predicted molar refractivity (Wildman–Crippen MR) is 86.0 cm³/mol. The first-order chi connectivity index (χ1) is 10.5. The summed E-state index contributed by atoms with van der Waals surface area (Å²) in [5.74, 6) is 0.241. The van der Waals surface area contributed by atoms with Crippen molar-refractivity contribution in [1.29, 1.82) is 0 Å². The van der Waals surface area contributed by atoms with E-state index in [4.69, 9.17) is 4.74 Å². The molecule has 0 aromatic heterocycles. The second-order valence-electron chi connectivity index (χ2n) is 5.93. The van der Waals surface area contributed by atoms with E-state index in [9.17, 15) is 9.59 Å². The highest BCUT2D eigenvalue weighted by molar-refractivity contribution is 5.97. The third-order valence-electron chi connectivity index (χ3n) is 4.10. The van der Waals surface area contributed by atoms with E-state index in [-0.39, 0.29) is 18.4 Å². The number of benzene rings is 1. The monoisotopic (exact) mass is 304 g/mol. The van der Waals surface area contributed by atoms with Gasteiger partial charge in [-0.05, 0) is 37.3 Å². The maximum Gasteiger partial charge on any atom is 0.340 e. The largest absolute Gasteiger partial charge is 0.465 e. The van der Waals surface area contributed by atoms with E-state index < -0.39 is 0 Å². The van der Waals surface area contributed by atoms with Crippen molar-refractivity contribution in [1.82, 2.24) is 4.90 Å². The van der Waals surface area contributed by atoms with Gasteiger partial charge in [0.05, 0.1) is 19.2 Å². The van der Waals surface area contributed by atoms with Crippen LogP contribution in [-0.2, 0) is 9.53 Å². The second kappa shape index (κ2) is 7.29. The lowest BCUT2D eigenvalue weighted by Crippen LogP contribution is -2.42. The zero-order valence-electron chi connectivity index (χ0n) is 13.5. The van der Waals surface area contributed by atoms with Gasteiger partial charge in [0.25, 0.3) is 0 Å². The Morgan fingerprint density at radius 1 is 1.41 bits per heavy atom. The van der Waals surface area contributed by atoms with Crippen molar-refractivity contribution in [3.63, 3.8) is 0 Å². The van der Waals surface area contributed by atoms with E-state index in [1.54, 1.807) is 6.07 Å². The quantitative estimate of drug-likeness (QED) is 0.868. The van der Waals surface area contributed by atoms with E-state index in [1.165, 1.54) is 13.5 Å². The first-order valence-electron chi connectivity index (χ1n) is 7.72. The van der Waals surface area contributed by atoms with Gasteiger partial charge in [0.2, 0.25) is 5.91 Å². The molecule has 5 nitrogen and oxygen atoms in total. The number of carbonyl (C=O) groups is 2. The number of piperidine rings is 1. The van der Waals surface area contributed by atoms with Crippen LogP contribution in [0, 0.1) is 12.8 Å². The molecule has 1 aliphatic rings. The van der Waals surface area contributed by atoms with Crippen molar-refractivity contribution in [3.05, 3.63) is 29.3 Å². The Kier molecular flexibility index (Phi) is 5.41. The molecule has 120 valence electrons. The fourth-order valence-electron chi connectivity index (χ4n) is 2.89. The van der Waals surface area contributed by atoms with Gasteiger partial charge in [-0.3, -0.25) is 4.79 Å². The summed E-state index contributed by atoms with van der Waals surface area (Å²) in [7, 11) is 1.36. The minimum absolute atomic E-state index is 0.0730. The lowest BCUT2D eigenvalue weighted by Gasteiger charge is -2.31. The molecule has 0 saturated carbocycles. The Balaban J connectivity index is 2.03. The number of rotatable bonds is 4. The highest BCUT2D eigenvalue weighted by atomic mass is 16.5. The molecular formula is C17H24N2O3. The molecular weight excluding hydrogens is 280 g/mol. The maximum absolute atomic E-state index is 12.3. The van der Waals surface area contributed by atoms with E-state index in [0.717, 1.165) is 25.1 Å². The minimum atomic E-state index is -0.389. The Bertz CT molecular complexity index is 557. The lowest BCUT2D eigenvalue weighted by molar-refractivity contribution is -0.130. The molecule has 2 rings (SSSR count). The van der Waals surface area contributed by atoms with E-state index in [2.05, 4.69) is 12.2 Å². The third kappa shape index (κ3) is 3.78. The highest BCUT2D eigenvalue weighted by Gasteiger charge is 2.21. The molecule has 1 aliphatic heterocycles. The molecule has 22 heavy (non-hydrogen) atoms. The van der Waals surface area contributed by atoms with E-state index >= 15 is 0 Å². The van der Waals surface area contributed by atoms with Crippen molar-refractivity contribution in [2.24, 2.45) is 5.92 Å². The van der Waals surface area contributed by atoms with Gasteiger partial charge < -0.3 is 15.0 Å². The molecule has 1 heterocycles. The van der Waals surface area contributed by atoms with Crippen molar-refractivity contribution in [2.75, 3.05) is 32.1 Å². The standard InChI is InChI=1S/C17H24N2O3/c1-12-6-5-9-19(11-12)15(20)10-18-14-8-4-7-13(2)16(14)17(21)22-3/h4,7-8,12,18H,5-6,9-11H2,1-3H3. The number of likely N-dealkylation sites (tertiary alicyclic amines) is 1. The SMILES string of the molecule is COC(=O)c1c(C)cccc1NCC(=O)N1CCCC(C)C1. The number of nitrogens with one attached hydrogen (secondary N) is 1. The van der Waals surface area contributed by atoms with Crippen molar-refractivity contribution < 1.29 is 14.3 Å². The summed E-state index contributed by atoms with van der Waals surface area (Å²) in [5, 5.41) is 3.09. The molecule has 1 atom stereocenters. The molecule has 5 heteroatoms. The van der Waals surface area contributed by atoms with Crippen LogP contribution in [0.4, 0.5) is 5.69 Å². The topological polar surface area (TPSA) is 58.6 Å². The number of ether oxygens (including phenoxy) is 1. The Hall–Kier alpha value is -2.04. The molecule has 1 saturated heterocycles. The number of hydrogen-bond acceptors (Lipinski definition) is 4. The molecule has 1 aromatic rings. The van der Waals surface area contributed by atoms with E-state index in [1.807, 2.05) is 24.0 Å². The Morgan fingerprint density at radius 3 is 2.86 bits per heavy atom. The minimum Gasteiger partial charge on any atom is -0.465 e. The zero-order valence-corrected chi connectivity index (χ0v) is 13.5. The number of esters is 1. The highest BCUT2D eigenvalue weighted by Crippen LogP contribution is 2.21. The maximum atomic E-state index is 12.3. The summed E-state index contributed by atoms with van der Waals surface area (Å²) in [6, 6.07) is 5.51. The number of aryl methyl sites for hydroxylation is 1. The van der Waals surface area contributed by atoms with Crippen molar-refractivity contribution >= 4 is 17.6 Å². The van der Waals surface area contributed by atoms with Gasteiger partial charge in [-0.15, -0.1) is 0 Å². The zero-order chi connectivity index (χ0) is 16.1. The van der Waals surface area contributed by atoms with Crippen molar-refractivity contribution in [3.8, 4) is 0 Å². The molecule has 1 unspecified atom stereocenters. The van der Waals surface area contributed by atoms with Crippen LogP contribution in [0.25, 0.3) is 0 Å². The van der Waals surface area contributed by atoms with Crippen LogP contribution in [0.1, 0.15) is 35.7 Å². The number of hydrogen-bond donors (Lipinski definition) is 1. The summed E-state index contributed by atoms with van der Waals surface area (Å²) in [4.78, 5) is 26.1. The van der Waals surface area contributed by atoms with Crippen LogP contribution in [0.5, 0.6) is 0 Å². The van der Waals surface area contributed by atoms with Crippen LogP contribution in [0.2, 0.25) is 0 Å². The molecule has 1 aromatic carbocycles. The Morgan fingerprint density at radius 2 is 2.18 bits per heavy atom. The average molecular weight is 304 g/mol. The van der Waals surface area contributed by atoms with Gasteiger partial charge in [0, 0.05) is 18.8 Å². The molecule has 1 N–H and O–H groups in total. The first kappa shape index (κ1) is 16.3. The normalized spacial score (nSPS) is 18.0. The second-order valence-corrected chi connectivity index (χ2v) is 5.93. The fourth-order valence-corrected chi connectivity index (χ4v) is 2.89. The smallest absolute Gasteiger partial charge is 0.340 e. The van der Waals surface area contributed by atoms with Crippen molar-refractivity contribution in [2.45, 2.75) is 26.7 Å². The number of nitrogens with zero attached hydrogens (tertiary/aromatic N) is 1. The van der Waals surface area contributed by atoms with Gasteiger partial charge >= 0.3 is 5.97 Å². The van der Waals surface area contributed by atoms with Crippen LogP contribution >= 0.6 is 0 Å². The fraction of sp³-hybridized carbons (Fsp3) is 0.529. The predicted octanol–water partition coefficient (Wildman–Crippen LogP) is 2.45. The summed E-state index contributed by atoms with van der Waals surface area (Å²) in [5.41, 5.74) is 1.96. The van der Waals surface area contributed by atoms with Gasteiger partial charge in [0.15, 0.2) is 0 Å². The number of carbonyl (C=O) groups excluding carboxylic acids is 2. The summed E-state index contributed by atoms with van der Waals surface area (Å²) in [6.07, 6.45) is 2.24. The van der Waals surface area contributed by atoms with E-state index in [0.29, 0.717) is 17.2 Å². The third-order valence-corrected chi connectivity index (χ3v) is 4.10. The van der Waals surface area contributed by atoms with Crippen LogP contribution in [0.3, 0.4) is 0 Å². The molecule has 0 spiro atoms. The lowest BCUT2D eigenvalue weighted by atomic mass is 10.0. The molecule has 0 radical (unpaired) electrons. The van der Waals surface area contributed by atoms with Crippen LogP contribution in [-0.4, -0.2) is 43.5 Å². The van der Waals surface area contributed by atoms with Crippen LogP contribution in [0.15, 0.2) is 18.2 Å². The number of amides is 1.